The third-order valence-electron chi connectivity index (χ3n) is 4.66. The zero-order valence-corrected chi connectivity index (χ0v) is 12.1. The maximum absolute atomic E-state index is 12.4. The SMILES string of the molecule is COC(C)(C)C(=O)N1CCC2C(CCCN2C)C1. The number of likely N-dealkylation sites (tertiary alicyclic amines) is 2. The van der Waals surface area contributed by atoms with E-state index in [9.17, 15) is 4.79 Å². The van der Waals surface area contributed by atoms with Crippen LogP contribution >= 0.6 is 0 Å². The van der Waals surface area contributed by atoms with Gasteiger partial charge in [0.15, 0.2) is 0 Å². The van der Waals surface area contributed by atoms with Gasteiger partial charge in [0, 0.05) is 26.2 Å². The van der Waals surface area contributed by atoms with Gasteiger partial charge in [-0.05, 0) is 52.6 Å². The summed E-state index contributed by atoms with van der Waals surface area (Å²) in [7, 11) is 3.83. The van der Waals surface area contributed by atoms with E-state index in [2.05, 4.69) is 11.9 Å². The largest absolute Gasteiger partial charge is 0.369 e. The van der Waals surface area contributed by atoms with Crippen molar-refractivity contribution in [3.8, 4) is 0 Å². The number of ether oxygens (including phenoxy) is 1. The third kappa shape index (κ3) is 2.54. The first-order valence-electron chi connectivity index (χ1n) is 7.00. The van der Waals surface area contributed by atoms with E-state index in [1.165, 1.54) is 19.4 Å². The van der Waals surface area contributed by atoms with E-state index in [-0.39, 0.29) is 5.91 Å². The Hall–Kier alpha value is -0.610. The van der Waals surface area contributed by atoms with Gasteiger partial charge < -0.3 is 14.5 Å². The van der Waals surface area contributed by atoms with Crippen LogP contribution in [0.2, 0.25) is 0 Å². The number of rotatable bonds is 2. The van der Waals surface area contributed by atoms with Gasteiger partial charge in [-0.2, -0.15) is 0 Å². The van der Waals surface area contributed by atoms with Crippen LogP contribution in [0.1, 0.15) is 33.1 Å². The molecule has 2 fully saturated rings. The number of piperidine rings is 2. The molecule has 0 bridgehead atoms. The molecule has 4 nitrogen and oxygen atoms in total. The number of amides is 1. The van der Waals surface area contributed by atoms with E-state index in [0.29, 0.717) is 12.0 Å². The Balaban J connectivity index is 2.00. The van der Waals surface area contributed by atoms with Crippen molar-refractivity contribution in [1.82, 2.24) is 9.80 Å². The van der Waals surface area contributed by atoms with Crippen molar-refractivity contribution in [3.05, 3.63) is 0 Å². The molecular weight excluding hydrogens is 228 g/mol. The molecule has 0 aromatic rings. The van der Waals surface area contributed by atoms with Crippen LogP contribution in [0.5, 0.6) is 0 Å². The molecule has 2 rings (SSSR count). The van der Waals surface area contributed by atoms with E-state index < -0.39 is 5.60 Å². The van der Waals surface area contributed by atoms with E-state index in [0.717, 1.165) is 19.5 Å². The summed E-state index contributed by atoms with van der Waals surface area (Å²) in [6, 6.07) is 0.674. The van der Waals surface area contributed by atoms with E-state index in [1.54, 1.807) is 7.11 Å². The van der Waals surface area contributed by atoms with Crippen LogP contribution in [0, 0.1) is 5.92 Å². The van der Waals surface area contributed by atoms with Crippen LogP contribution in [-0.2, 0) is 9.53 Å². The second-order valence-corrected chi connectivity index (χ2v) is 6.20. The van der Waals surface area contributed by atoms with Crippen LogP contribution in [0.15, 0.2) is 0 Å². The Kier molecular flexibility index (Phi) is 3.97. The number of hydrogen-bond acceptors (Lipinski definition) is 3. The van der Waals surface area contributed by atoms with E-state index in [1.807, 2.05) is 18.7 Å². The van der Waals surface area contributed by atoms with Gasteiger partial charge >= 0.3 is 0 Å². The van der Waals surface area contributed by atoms with Crippen molar-refractivity contribution >= 4 is 5.91 Å². The molecule has 2 unspecified atom stereocenters. The molecule has 2 atom stereocenters. The summed E-state index contributed by atoms with van der Waals surface area (Å²) in [5.41, 5.74) is -0.687. The molecule has 0 saturated carbocycles. The lowest BCUT2D eigenvalue weighted by atomic mass is 9.83. The van der Waals surface area contributed by atoms with Gasteiger partial charge in [-0.3, -0.25) is 4.79 Å². The maximum Gasteiger partial charge on any atom is 0.254 e. The third-order valence-corrected chi connectivity index (χ3v) is 4.66. The van der Waals surface area contributed by atoms with Gasteiger partial charge in [0.1, 0.15) is 5.60 Å². The highest BCUT2D eigenvalue weighted by molar-refractivity contribution is 5.84. The number of fused-ring (bicyclic) bond motifs is 1. The number of carbonyl (C=O) groups is 1. The standard InChI is InChI=1S/C14H26N2O2/c1-14(2,18-4)13(17)16-9-7-12-11(10-16)6-5-8-15(12)3/h11-12H,5-10H2,1-4H3. The molecule has 0 aliphatic carbocycles. The zero-order valence-electron chi connectivity index (χ0n) is 12.1. The Labute approximate surface area is 110 Å². The summed E-state index contributed by atoms with van der Waals surface area (Å²) in [6.45, 7) is 6.69. The minimum atomic E-state index is -0.687. The lowest BCUT2D eigenvalue weighted by Crippen LogP contribution is -2.57. The summed E-state index contributed by atoms with van der Waals surface area (Å²) >= 11 is 0. The normalized spacial score (nSPS) is 30.1. The quantitative estimate of drug-likeness (QED) is 0.746. The summed E-state index contributed by atoms with van der Waals surface area (Å²) in [4.78, 5) is 16.9. The predicted molar refractivity (Wildman–Crippen MR) is 71.4 cm³/mol. The summed E-state index contributed by atoms with van der Waals surface area (Å²) in [5, 5.41) is 0. The molecule has 4 heteroatoms. The van der Waals surface area contributed by atoms with Crippen LogP contribution < -0.4 is 0 Å². The fourth-order valence-corrected chi connectivity index (χ4v) is 3.31. The molecule has 2 aliphatic heterocycles. The van der Waals surface area contributed by atoms with Gasteiger partial charge in [-0.1, -0.05) is 0 Å². The van der Waals surface area contributed by atoms with Crippen molar-refractivity contribution in [1.29, 1.82) is 0 Å². The fraction of sp³-hybridized carbons (Fsp3) is 0.929. The van der Waals surface area contributed by atoms with Crippen LogP contribution in [0.25, 0.3) is 0 Å². The molecule has 1 amide bonds. The molecule has 104 valence electrons. The highest BCUT2D eigenvalue weighted by Gasteiger charge is 2.39. The van der Waals surface area contributed by atoms with E-state index in [4.69, 9.17) is 4.74 Å². The van der Waals surface area contributed by atoms with Gasteiger partial charge in [-0.15, -0.1) is 0 Å². The molecule has 2 aliphatic rings. The molecule has 2 heterocycles. The lowest BCUT2D eigenvalue weighted by Gasteiger charge is -2.47. The van der Waals surface area contributed by atoms with Crippen molar-refractivity contribution in [2.24, 2.45) is 5.92 Å². The molecule has 2 saturated heterocycles. The van der Waals surface area contributed by atoms with Gasteiger partial charge in [-0.25, -0.2) is 0 Å². The number of nitrogens with zero attached hydrogens (tertiary/aromatic N) is 2. The lowest BCUT2D eigenvalue weighted by molar-refractivity contribution is -0.154. The number of carbonyl (C=O) groups excluding carboxylic acids is 1. The minimum absolute atomic E-state index is 0.136. The maximum atomic E-state index is 12.4. The molecule has 0 spiro atoms. The van der Waals surface area contributed by atoms with Crippen molar-refractivity contribution < 1.29 is 9.53 Å². The average molecular weight is 254 g/mol. The molecular formula is C14H26N2O2. The van der Waals surface area contributed by atoms with E-state index >= 15 is 0 Å². The van der Waals surface area contributed by atoms with Gasteiger partial charge in [0.2, 0.25) is 0 Å². The van der Waals surface area contributed by atoms with Gasteiger partial charge in [0.05, 0.1) is 0 Å². The summed E-state index contributed by atoms with van der Waals surface area (Å²) in [5.74, 6) is 0.783. The molecule has 0 aromatic heterocycles. The Morgan fingerprint density at radius 1 is 1.28 bits per heavy atom. The first-order valence-corrected chi connectivity index (χ1v) is 7.00. The van der Waals surface area contributed by atoms with Crippen LogP contribution in [0.4, 0.5) is 0 Å². The average Bonchev–Trinajstić information content (AvgIpc) is 2.37. The molecule has 0 N–H and O–H groups in total. The summed E-state index contributed by atoms with van der Waals surface area (Å²) in [6.07, 6.45) is 3.62. The minimum Gasteiger partial charge on any atom is -0.369 e. The zero-order chi connectivity index (χ0) is 13.3. The first-order chi connectivity index (χ1) is 8.45. The van der Waals surface area contributed by atoms with Gasteiger partial charge in [0.25, 0.3) is 5.91 Å². The Bertz CT molecular complexity index is 317. The number of methoxy groups -OCH3 is 1. The highest BCUT2D eigenvalue weighted by atomic mass is 16.5. The topological polar surface area (TPSA) is 32.8 Å². The molecule has 18 heavy (non-hydrogen) atoms. The number of hydrogen-bond donors (Lipinski definition) is 0. The van der Waals surface area contributed by atoms with Crippen molar-refractivity contribution in [2.75, 3.05) is 33.8 Å². The predicted octanol–water partition coefficient (Wildman–Crippen LogP) is 1.35. The smallest absolute Gasteiger partial charge is 0.254 e. The monoisotopic (exact) mass is 254 g/mol. The highest BCUT2D eigenvalue weighted by Crippen LogP contribution is 2.30. The van der Waals surface area contributed by atoms with Crippen LogP contribution in [0.3, 0.4) is 0 Å². The van der Waals surface area contributed by atoms with Crippen molar-refractivity contribution in [2.45, 2.75) is 44.8 Å². The fourth-order valence-electron chi connectivity index (χ4n) is 3.31. The van der Waals surface area contributed by atoms with Crippen molar-refractivity contribution in [3.63, 3.8) is 0 Å². The first kappa shape index (κ1) is 13.8. The second kappa shape index (κ2) is 5.17. The molecule has 0 radical (unpaired) electrons. The Morgan fingerprint density at radius 2 is 2.00 bits per heavy atom. The second-order valence-electron chi connectivity index (χ2n) is 6.20. The Morgan fingerprint density at radius 3 is 2.67 bits per heavy atom. The van der Waals surface area contributed by atoms with Crippen LogP contribution in [-0.4, -0.2) is 61.1 Å². The summed E-state index contributed by atoms with van der Waals surface area (Å²) < 4.78 is 5.31. The molecule has 0 aromatic carbocycles.